The van der Waals surface area contributed by atoms with Gasteiger partial charge in [-0.1, -0.05) is 12.1 Å². The van der Waals surface area contributed by atoms with E-state index >= 15 is 0 Å². The minimum atomic E-state index is -3.58. The summed E-state index contributed by atoms with van der Waals surface area (Å²) in [5, 5.41) is 5.70. The van der Waals surface area contributed by atoms with Crippen molar-refractivity contribution in [1.29, 1.82) is 0 Å². The van der Waals surface area contributed by atoms with E-state index in [2.05, 4.69) is 10.6 Å². The molecule has 4 rings (SSSR count). The number of benzene rings is 2. The SMILES string of the molecule is COc1ccc(S(=O)(=O)N2CCCC2)cc1CCC(=O)Nc1ccccc1C(=O)NC[C@H]1CCCO1. The van der Waals surface area contributed by atoms with Crippen LogP contribution in [0.1, 0.15) is 48.0 Å². The first-order valence-electron chi connectivity index (χ1n) is 12.3. The number of anilines is 1. The Kier molecular flexibility index (Phi) is 8.60. The molecule has 0 saturated carbocycles. The van der Waals surface area contributed by atoms with Crippen LogP contribution in [0.4, 0.5) is 5.69 Å². The molecule has 9 nitrogen and oxygen atoms in total. The molecule has 0 aliphatic carbocycles. The number of carbonyl (C=O) groups is 2. The number of nitrogens with zero attached hydrogens (tertiary/aromatic N) is 1. The number of carbonyl (C=O) groups excluding carboxylic acids is 2. The fourth-order valence-electron chi connectivity index (χ4n) is 4.55. The van der Waals surface area contributed by atoms with Crippen LogP contribution >= 0.6 is 0 Å². The Hall–Kier alpha value is -2.95. The normalized spacial score (nSPS) is 18.2. The van der Waals surface area contributed by atoms with Gasteiger partial charge in [0, 0.05) is 32.7 Å². The third-order valence-corrected chi connectivity index (χ3v) is 8.43. The van der Waals surface area contributed by atoms with Crippen LogP contribution in [0.2, 0.25) is 0 Å². The van der Waals surface area contributed by atoms with Crippen molar-refractivity contribution in [3.8, 4) is 5.75 Å². The first-order chi connectivity index (χ1) is 17.4. The van der Waals surface area contributed by atoms with E-state index in [1.54, 1.807) is 42.5 Å². The van der Waals surface area contributed by atoms with Gasteiger partial charge in [0.2, 0.25) is 15.9 Å². The van der Waals surface area contributed by atoms with Crippen molar-refractivity contribution < 1.29 is 27.5 Å². The molecule has 2 saturated heterocycles. The van der Waals surface area contributed by atoms with E-state index in [4.69, 9.17) is 9.47 Å². The summed E-state index contributed by atoms with van der Waals surface area (Å²) in [5.74, 6) is -0.0378. The quantitative estimate of drug-likeness (QED) is 0.503. The molecule has 2 aromatic rings. The smallest absolute Gasteiger partial charge is 0.253 e. The van der Waals surface area contributed by atoms with Gasteiger partial charge in [0.25, 0.3) is 5.91 Å². The second kappa shape index (κ2) is 11.9. The van der Waals surface area contributed by atoms with E-state index in [-0.39, 0.29) is 35.7 Å². The van der Waals surface area contributed by atoms with Crippen molar-refractivity contribution in [2.24, 2.45) is 0 Å². The highest BCUT2D eigenvalue weighted by Crippen LogP contribution is 2.27. The molecule has 2 aliphatic heterocycles. The van der Waals surface area contributed by atoms with Crippen molar-refractivity contribution in [3.05, 3.63) is 53.6 Å². The van der Waals surface area contributed by atoms with E-state index in [1.807, 2.05) is 0 Å². The van der Waals surface area contributed by atoms with Crippen LogP contribution in [0, 0.1) is 0 Å². The lowest BCUT2D eigenvalue weighted by Gasteiger charge is -2.17. The molecule has 0 aromatic heterocycles. The minimum Gasteiger partial charge on any atom is -0.496 e. The van der Waals surface area contributed by atoms with Crippen molar-refractivity contribution in [2.45, 2.75) is 49.5 Å². The summed E-state index contributed by atoms with van der Waals surface area (Å²) in [7, 11) is -2.06. The average Bonchev–Trinajstić information content (AvgIpc) is 3.61. The molecule has 1 atom stereocenters. The van der Waals surface area contributed by atoms with Crippen LogP contribution < -0.4 is 15.4 Å². The van der Waals surface area contributed by atoms with Crippen LogP contribution in [0.3, 0.4) is 0 Å². The van der Waals surface area contributed by atoms with Gasteiger partial charge >= 0.3 is 0 Å². The summed E-state index contributed by atoms with van der Waals surface area (Å²) in [6.45, 7) is 2.18. The molecular weight excluding hydrogens is 482 g/mol. The number of nitrogens with one attached hydrogen (secondary N) is 2. The van der Waals surface area contributed by atoms with Crippen LogP contribution in [0.25, 0.3) is 0 Å². The molecule has 0 radical (unpaired) electrons. The highest BCUT2D eigenvalue weighted by molar-refractivity contribution is 7.89. The molecule has 0 spiro atoms. The minimum absolute atomic E-state index is 0.0238. The second-order valence-electron chi connectivity index (χ2n) is 9.02. The van der Waals surface area contributed by atoms with Gasteiger partial charge in [-0.2, -0.15) is 4.31 Å². The van der Waals surface area contributed by atoms with Crippen molar-refractivity contribution >= 4 is 27.5 Å². The van der Waals surface area contributed by atoms with Crippen molar-refractivity contribution in [1.82, 2.24) is 9.62 Å². The van der Waals surface area contributed by atoms with Crippen molar-refractivity contribution in [3.63, 3.8) is 0 Å². The van der Waals surface area contributed by atoms with Crippen LogP contribution in [-0.2, 0) is 26.0 Å². The summed E-state index contributed by atoms with van der Waals surface area (Å²) in [6, 6.07) is 11.6. The molecular formula is C26H33N3O6S. The van der Waals surface area contributed by atoms with E-state index in [0.29, 0.717) is 48.8 Å². The Balaban J connectivity index is 1.40. The third-order valence-electron chi connectivity index (χ3n) is 6.54. The summed E-state index contributed by atoms with van der Waals surface area (Å²) < 4.78 is 38.4. The van der Waals surface area contributed by atoms with Crippen LogP contribution in [0.5, 0.6) is 5.75 Å². The molecule has 0 bridgehead atoms. The maximum atomic E-state index is 13.0. The standard InChI is InChI=1S/C26H33N3O6S/c1-34-24-12-11-21(36(32,33)29-14-4-5-15-29)17-19(24)10-13-25(30)28-23-9-3-2-8-22(23)26(31)27-18-20-7-6-16-35-20/h2-3,8-9,11-12,17,20H,4-7,10,13-16,18H2,1H3,(H,27,31)(H,28,30)/t20-/m1/s1. The monoisotopic (exact) mass is 515 g/mol. The summed E-state index contributed by atoms with van der Waals surface area (Å²) >= 11 is 0. The Morgan fingerprint density at radius 1 is 1.11 bits per heavy atom. The fraction of sp³-hybridized carbons (Fsp3) is 0.462. The highest BCUT2D eigenvalue weighted by Gasteiger charge is 2.28. The molecule has 10 heteroatoms. The molecule has 2 heterocycles. The first-order valence-corrected chi connectivity index (χ1v) is 13.8. The molecule has 2 fully saturated rings. The number of hydrogen-bond donors (Lipinski definition) is 2. The van der Waals surface area contributed by atoms with E-state index < -0.39 is 10.0 Å². The fourth-order valence-corrected chi connectivity index (χ4v) is 6.11. The maximum Gasteiger partial charge on any atom is 0.253 e. The number of aryl methyl sites for hydroxylation is 1. The summed E-state index contributed by atoms with van der Waals surface area (Å²) in [6.07, 6.45) is 4.03. The Morgan fingerprint density at radius 3 is 2.61 bits per heavy atom. The zero-order valence-corrected chi connectivity index (χ0v) is 21.3. The van der Waals surface area contributed by atoms with Crippen molar-refractivity contribution in [2.75, 3.05) is 38.7 Å². The lowest BCUT2D eigenvalue weighted by Crippen LogP contribution is -2.32. The van der Waals surface area contributed by atoms with Crippen LogP contribution in [-0.4, -0.2) is 64.0 Å². The first kappa shape index (κ1) is 26.1. The predicted molar refractivity (Wildman–Crippen MR) is 136 cm³/mol. The van der Waals surface area contributed by atoms with Gasteiger partial charge in [-0.15, -0.1) is 0 Å². The number of methoxy groups -OCH3 is 1. The molecule has 2 amide bonds. The van der Waals surface area contributed by atoms with Gasteiger partial charge in [-0.3, -0.25) is 9.59 Å². The average molecular weight is 516 g/mol. The molecule has 0 unspecified atom stereocenters. The number of hydrogen-bond acceptors (Lipinski definition) is 6. The second-order valence-corrected chi connectivity index (χ2v) is 11.0. The zero-order valence-electron chi connectivity index (χ0n) is 20.5. The van der Waals surface area contributed by atoms with Gasteiger partial charge < -0.3 is 20.1 Å². The van der Waals surface area contributed by atoms with Gasteiger partial charge in [-0.25, -0.2) is 8.42 Å². The third kappa shape index (κ3) is 6.24. The Labute approximate surface area is 212 Å². The molecule has 2 aliphatic rings. The highest BCUT2D eigenvalue weighted by atomic mass is 32.2. The van der Waals surface area contributed by atoms with E-state index in [0.717, 1.165) is 25.7 Å². The number of amides is 2. The topological polar surface area (TPSA) is 114 Å². The summed E-state index contributed by atoms with van der Waals surface area (Å²) in [5.41, 5.74) is 1.43. The summed E-state index contributed by atoms with van der Waals surface area (Å²) in [4.78, 5) is 25.7. The van der Waals surface area contributed by atoms with Gasteiger partial charge in [0.15, 0.2) is 0 Å². The lowest BCUT2D eigenvalue weighted by atomic mass is 10.1. The molecule has 2 aromatic carbocycles. The predicted octanol–water partition coefficient (Wildman–Crippen LogP) is 2.96. The Morgan fingerprint density at radius 2 is 1.89 bits per heavy atom. The number of para-hydroxylation sites is 1. The maximum absolute atomic E-state index is 13.0. The van der Waals surface area contributed by atoms with E-state index in [1.165, 1.54) is 11.4 Å². The number of ether oxygens (including phenoxy) is 2. The molecule has 36 heavy (non-hydrogen) atoms. The van der Waals surface area contributed by atoms with Crippen LogP contribution in [0.15, 0.2) is 47.4 Å². The van der Waals surface area contributed by atoms with Gasteiger partial charge in [0.1, 0.15) is 5.75 Å². The van der Waals surface area contributed by atoms with Gasteiger partial charge in [0.05, 0.1) is 29.4 Å². The Bertz CT molecular complexity index is 1190. The van der Waals surface area contributed by atoms with Gasteiger partial charge in [-0.05, 0) is 68.0 Å². The van der Waals surface area contributed by atoms with E-state index in [9.17, 15) is 18.0 Å². The molecule has 2 N–H and O–H groups in total. The number of sulfonamides is 1. The molecule has 194 valence electrons. The number of rotatable bonds is 10. The largest absolute Gasteiger partial charge is 0.496 e. The zero-order chi connectivity index (χ0) is 25.5. The lowest BCUT2D eigenvalue weighted by molar-refractivity contribution is -0.116.